The number of guanidine groups is 1. The minimum Gasteiger partial charge on any atom is -0.388 e. The van der Waals surface area contributed by atoms with Gasteiger partial charge < -0.3 is 15.7 Å². The maximum Gasteiger partial charge on any atom is 0.345 e. The molecule has 0 saturated carbocycles. The molecule has 0 bridgehead atoms. The number of aryl methyl sites for hydroxylation is 2. The summed E-state index contributed by atoms with van der Waals surface area (Å²) in [5.41, 5.74) is 0.924. The first-order chi connectivity index (χ1) is 14.2. The molecule has 0 fully saturated rings. The highest BCUT2D eigenvalue weighted by Crippen LogP contribution is 2.14. The van der Waals surface area contributed by atoms with Crippen LogP contribution < -0.4 is 16.3 Å². The zero-order chi connectivity index (χ0) is 20.5. The van der Waals surface area contributed by atoms with Gasteiger partial charge in [-0.05, 0) is 38.2 Å². The minimum atomic E-state index is -0.495. The molecule has 1 aliphatic rings. The standard InChI is InChI=1S/C21H32N6O2.HI/c1-2-22-20(24-14-12-18(28)17-9-4-3-5-10-17)23-13-8-16-27-21(29)26-15-7-6-11-19(26)25-27;/h3-5,9-10,18,28H,2,6-8,11-16H2,1H3,(H2,22,23,24);1H. The number of benzene rings is 1. The molecule has 1 unspecified atom stereocenters. The monoisotopic (exact) mass is 528 g/mol. The smallest absolute Gasteiger partial charge is 0.345 e. The SMILES string of the molecule is CCNC(=NCCCn1nc2n(c1=O)CCCC2)NCCC(O)c1ccccc1.I. The van der Waals surface area contributed by atoms with Crippen molar-refractivity contribution in [2.24, 2.45) is 4.99 Å². The van der Waals surface area contributed by atoms with E-state index >= 15 is 0 Å². The fourth-order valence-corrected chi connectivity index (χ4v) is 3.52. The van der Waals surface area contributed by atoms with E-state index in [1.54, 1.807) is 9.25 Å². The highest BCUT2D eigenvalue weighted by molar-refractivity contribution is 14.0. The van der Waals surface area contributed by atoms with Crippen LogP contribution in [0, 0.1) is 0 Å². The molecule has 1 aromatic heterocycles. The predicted octanol–water partition coefficient (Wildman–Crippen LogP) is 2.07. The Morgan fingerprint density at radius 2 is 2.07 bits per heavy atom. The van der Waals surface area contributed by atoms with Crippen LogP contribution in [0.5, 0.6) is 0 Å². The van der Waals surface area contributed by atoms with Crippen molar-refractivity contribution in [1.29, 1.82) is 0 Å². The van der Waals surface area contributed by atoms with Crippen LogP contribution in [0.4, 0.5) is 0 Å². The van der Waals surface area contributed by atoms with Crippen molar-refractivity contribution in [1.82, 2.24) is 25.0 Å². The summed E-state index contributed by atoms with van der Waals surface area (Å²) in [6, 6.07) is 9.66. The maximum atomic E-state index is 12.3. The van der Waals surface area contributed by atoms with Gasteiger partial charge in [-0.1, -0.05) is 30.3 Å². The van der Waals surface area contributed by atoms with Crippen molar-refractivity contribution in [2.75, 3.05) is 19.6 Å². The van der Waals surface area contributed by atoms with E-state index in [0.717, 1.165) is 56.1 Å². The number of aromatic nitrogens is 3. The number of aliphatic hydroxyl groups is 1. The second-order valence-corrected chi connectivity index (χ2v) is 7.29. The first-order valence-corrected chi connectivity index (χ1v) is 10.6. The fourth-order valence-electron chi connectivity index (χ4n) is 3.52. The largest absolute Gasteiger partial charge is 0.388 e. The van der Waals surface area contributed by atoms with Crippen LogP contribution in [0.3, 0.4) is 0 Å². The van der Waals surface area contributed by atoms with Gasteiger partial charge in [0.2, 0.25) is 0 Å². The van der Waals surface area contributed by atoms with Gasteiger partial charge in [-0.2, -0.15) is 5.10 Å². The summed E-state index contributed by atoms with van der Waals surface area (Å²) in [4.78, 5) is 16.9. The number of aliphatic hydroxyl groups excluding tert-OH is 1. The molecule has 1 atom stereocenters. The number of nitrogens with zero attached hydrogens (tertiary/aromatic N) is 4. The first kappa shape index (κ1) is 24.4. The minimum absolute atomic E-state index is 0. The van der Waals surface area contributed by atoms with E-state index in [9.17, 15) is 9.90 Å². The zero-order valence-electron chi connectivity index (χ0n) is 17.6. The van der Waals surface area contributed by atoms with Crippen LogP contribution >= 0.6 is 24.0 Å². The van der Waals surface area contributed by atoms with Gasteiger partial charge in [0.1, 0.15) is 5.82 Å². The summed E-state index contributed by atoms with van der Waals surface area (Å²) in [6.07, 6.45) is 3.91. The van der Waals surface area contributed by atoms with Crippen molar-refractivity contribution in [2.45, 2.75) is 58.2 Å². The summed E-state index contributed by atoms with van der Waals surface area (Å²) in [5.74, 6) is 1.64. The lowest BCUT2D eigenvalue weighted by Gasteiger charge is -2.14. The van der Waals surface area contributed by atoms with Crippen LogP contribution in [0.25, 0.3) is 0 Å². The van der Waals surface area contributed by atoms with Crippen molar-refractivity contribution in [3.05, 3.63) is 52.2 Å². The molecule has 0 amide bonds. The second-order valence-electron chi connectivity index (χ2n) is 7.29. The highest BCUT2D eigenvalue weighted by atomic mass is 127. The highest BCUT2D eigenvalue weighted by Gasteiger charge is 2.16. The molecule has 2 heterocycles. The van der Waals surface area contributed by atoms with Crippen molar-refractivity contribution < 1.29 is 5.11 Å². The Balaban J connectivity index is 0.00000320. The normalized spacial score (nSPS) is 14.5. The molecule has 9 heteroatoms. The zero-order valence-corrected chi connectivity index (χ0v) is 19.9. The van der Waals surface area contributed by atoms with Crippen LogP contribution in [0.1, 0.15) is 50.1 Å². The Morgan fingerprint density at radius 1 is 1.27 bits per heavy atom. The molecule has 0 radical (unpaired) electrons. The molecule has 0 aliphatic carbocycles. The number of aliphatic imine (C=N–C) groups is 1. The van der Waals surface area contributed by atoms with E-state index in [-0.39, 0.29) is 29.7 Å². The summed E-state index contributed by atoms with van der Waals surface area (Å²) < 4.78 is 3.38. The second kappa shape index (κ2) is 12.7. The maximum absolute atomic E-state index is 12.3. The third kappa shape index (κ3) is 6.83. The van der Waals surface area contributed by atoms with Gasteiger partial charge in [-0.3, -0.25) is 9.56 Å². The lowest BCUT2D eigenvalue weighted by atomic mass is 10.1. The Morgan fingerprint density at radius 3 is 2.80 bits per heavy atom. The van der Waals surface area contributed by atoms with Crippen molar-refractivity contribution in [3.63, 3.8) is 0 Å². The average Bonchev–Trinajstić information content (AvgIpc) is 3.07. The van der Waals surface area contributed by atoms with E-state index in [4.69, 9.17) is 0 Å². The topological polar surface area (TPSA) is 96.5 Å². The molecule has 0 spiro atoms. The van der Waals surface area contributed by atoms with Gasteiger partial charge in [0.05, 0.1) is 6.10 Å². The molecule has 3 N–H and O–H groups in total. The summed E-state index contributed by atoms with van der Waals surface area (Å²) in [6.45, 7) is 5.37. The molecular formula is C21H33IN6O2. The number of hydrogen-bond acceptors (Lipinski definition) is 4. The molecule has 3 rings (SSSR count). The number of rotatable bonds is 9. The average molecular weight is 528 g/mol. The Hall–Kier alpha value is -1.88. The lowest BCUT2D eigenvalue weighted by molar-refractivity contribution is 0.168. The molecule has 1 aromatic carbocycles. The van der Waals surface area contributed by atoms with Gasteiger partial charge in [0, 0.05) is 39.1 Å². The van der Waals surface area contributed by atoms with Crippen molar-refractivity contribution in [3.8, 4) is 0 Å². The van der Waals surface area contributed by atoms with Crippen LogP contribution in [-0.2, 0) is 19.5 Å². The van der Waals surface area contributed by atoms with Crippen molar-refractivity contribution >= 4 is 29.9 Å². The molecule has 0 saturated heterocycles. The van der Waals surface area contributed by atoms with Gasteiger partial charge in [-0.15, -0.1) is 24.0 Å². The molecule has 8 nitrogen and oxygen atoms in total. The number of hydrogen-bond donors (Lipinski definition) is 3. The summed E-state index contributed by atoms with van der Waals surface area (Å²) in [5, 5.41) is 21.2. The quantitative estimate of drug-likeness (QED) is 0.201. The molecule has 30 heavy (non-hydrogen) atoms. The van der Waals surface area contributed by atoms with E-state index in [1.165, 1.54) is 0 Å². The van der Waals surface area contributed by atoms with Gasteiger partial charge in [-0.25, -0.2) is 9.48 Å². The summed E-state index contributed by atoms with van der Waals surface area (Å²) >= 11 is 0. The van der Waals surface area contributed by atoms with Crippen LogP contribution in [0.2, 0.25) is 0 Å². The molecule has 1 aliphatic heterocycles. The molecule has 2 aromatic rings. The number of halogens is 1. The van der Waals surface area contributed by atoms with E-state index in [0.29, 0.717) is 26.1 Å². The first-order valence-electron chi connectivity index (χ1n) is 10.6. The van der Waals surface area contributed by atoms with Crippen LogP contribution in [0.15, 0.2) is 40.1 Å². The molecular weight excluding hydrogens is 495 g/mol. The van der Waals surface area contributed by atoms with Crippen LogP contribution in [-0.4, -0.2) is 45.0 Å². The summed E-state index contributed by atoms with van der Waals surface area (Å²) in [7, 11) is 0. The van der Waals surface area contributed by atoms with Gasteiger partial charge in [0.25, 0.3) is 0 Å². The van der Waals surface area contributed by atoms with E-state index < -0.39 is 6.10 Å². The van der Waals surface area contributed by atoms with Gasteiger partial charge in [0.15, 0.2) is 5.96 Å². The predicted molar refractivity (Wildman–Crippen MR) is 129 cm³/mol. The Bertz CT molecular complexity index is 849. The fraction of sp³-hybridized carbons (Fsp3) is 0.571. The Kier molecular flexibility index (Phi) is 10.4. The van der Waals surface area contributed by atoms with E-state index in [2.05, 4.69) is 20.7 Å². The number of fused-ring (bicyclic) bond motifs is 1. The van der Waals surface area contributed by atoms with E-state index in [1.807, 2.05) is 37.3 Å². The third-order valence-corrected chi connectivity index (χ3v) is 5.07. The Labute approximate surface area is 194 Å². The third-order valence-electron chi connectivity index (χ3n) is 5.07. The lowest BCUT2D eigenvalue weighted by Crippen LogP contribution is -2.38. The van der Waals surface area contributed by atoms with Gasteiger partial charge >= 0.3 is 5.69 Å². The number of nitrogens with one attached hydrogen (secondary N) is 2. The molecule has 166 valence electrons.